The molecule has 0 bridgehead atoms. The highest BCUT2D eigenvalue weighted by Gasteiger charge is 2.14. The molecule has 0 aliphatic heterocycles. The molecular formula is C16H9N3O3S. The minimum Gasteiger partial charge on any atom is -0.451 e. The minimum atomic E-state index is -0.506. The van der Waals surface area contributed by atoms with Crippen LogP contribution in [0.1, 0.15) is 10.6 Å². The Bertz CT molecular complexity index is 1100. The maximum atomic E-state index is 12.4. The van der Waals surface area contributed by atoms with Crippen LogP contribution >= 0.6 is 11.7 Å². The minimum absolute atomic E-state index is 0.0473. The van der Waals surface area contributed by atoms with Crippen LogP contribution in [0.2, 0.25) is 0 Å². The largest absolute Gasteiger partial charge is 0.451 e. The van der Waals surface area contributed by atoms with Gasteiger partial charge in [0.25, 0.3) is 5.91 Å². The molecule has 2 aromatic heterocycles. The van der Waals surface area contributed by atoms with E-state index in [1.807, 2.05) is 6.07 Å². The number of fused-ring (bicyclic) bond motifs is 2. The van der Waals surface area contributed by atoms with E-state index in [4.69, 9.17) is 4.42 Å². The third-order valence-corrected chi connectivity index (χ3v) is 3.94. The lowest BCUT2D eigenvalue weighted by molar-refractivity contribution is 0.0997. The van der Waals surface area contributed by atoms with E-state index in [2.05, 4.69) is 14.1 Å². The second kappa shape index (κ2) is 5.29. The number of hydrogen-bond donors (Lipinski definition) is 1. The Morgan fingerprint density at radius 1 is 1.09 bits per heavy atom. The van der Waals surface area contributed by atoms with Gasteiger partial charge in [0.2, 0.25) is 0 Å². The van der Waals surface area contributed by atoms with E-state index < -0.39 is 5.91 Å². The van der Waals surface area contributed by atoms with Gasteiger partial charge in [-0.2, -0.15) is 8.75 Å². The molecule has 1 N–H and O–H groups in total. The molecule has 0 fully saturated rings. The first-order chi connectivity index (χ1) is 11.2. The van der Waals surface area contributed by atoms with Crippen LogP contribution in [0.4, 0.5) is 5.69 Å². The summed E-state index contributed by atoms with van der Waals surface area (Å²) < 4.78 is 13.8. The average Bonchev–Trinajstić information content (AvgIpc) is 3.04. The summed E-state index contributed by atoms with van der Waals surface area (Å²) >= 11 is 1.07. The summed E-state index contributed by atoms with van der Waals surface area (Å²) in [5.41, 5.74) is 1.95. The second-order valence-electron chi connectivity index (χ2n) is 4.86. The normalized spacial score (nSPS) is 11.0. The zero-order chi connectivity index (χ0) is 15.8. The van der Waals surface area contributed by atoms with E-state index in [0.717, 1.165) is 11.7 Å². The summed E-state index contributed by atoms with van der Waals surface area (Å²) in [5.74, 6) is -0.553. The molecular weight excluding hydrogens is 314 g/mol. The maximum absolute atomic E-state index is 12.4. The molecule has 0 radical (unpaired) electrons. The van der Waals surface area contributed by atoms with E-state index in [9.17, 15) is 9.59 Å². The number of nitrogens with zero attached hydrogens (tertiary/aromatic N) is 2. The first-order valence-corrected chi connectivity index (χ1v) is 7.51. The van der Waals surface area contributed by atoms with Crippen molar-refractivity contribution < 1.29 is 9.21 Å². The molecule has 0 saturated carbocycles. The van der Waals surface area contributed by atoms with Crippen molar-refractivity contribution in [1.82, 2.24) is 8.75 Å². The molecule has 2 aromatic carbocycles. The monoisotopic (exact) mass is 323 g/mol. The Morgan fingerprint density at radius 3 is 2.87 bits per heavy atom. The van der Waals surface area contributed by atoms with Crippen molar-refractivity contribution in [2.75, 3.05) is 5.32 Å². The summed E-state index contributed by atoms with van der Waals surface area (Å²) in [4.78, 5) is 24.5. The van der Waals surface area contributed by atoms with E-state index in [0.29, 0.717) is 27.7 Å². The topological polar surface area (TPSA) is 85.1 Å². The summed E-state index contributed by atoms with van der Waals surface area (Å²) in [6.45, 7) is 0. The fourth-order valence-corrected chi connectivity index (χ4v) is 2.86. The van der Waals surface area contributed by atoms with E-state index >= 15 is 0 Å². The van der Waals surface area contributed by atoms with Crippen LogP contribution in [0, 0.1) is 0 Å². The third kappa shape index (κ3) is 2.36. The molecule has 2 heterocycles. The zero-order valence-electron chi connectivity index (χ0n) is 11.6. The van der Waals surface area contributed by atoms with E-state index in [1.54, 1.807) is 36.4 Å². The van der Waals surface area contributed by atoms with Gasteiger partial charge in [-0.1, -0.05) is 18.2 Å². The van der Waals surface area contributed by atoms with Crippen molar-refractivity contribution in [1.29, 1.82) is 0 Å². The quantitative estimate of drug-likeness (QED) is 0.613. The highest BCUT2D eigenvalue weighted by atomic mass is 32.1. The Balaban J connectivity index is 1.75. The molecule has 0 spiro atoms. The van der Waals surface area contributed by atoms with Crippen LogP contribution < -0.4 is 10.7 Å². The van der Waals surface area contributed by atoms with E-state index in [1.165, 1.54) is 6.07 Å². The van der Waals surface area contributed by atoms with Crippen LogP contribution in [-0.2, 0) is 0 Å². The molecule has 7 heteroatoms. The predicted octanol–water partition coefficient (Wildman–Crippen LogP) is 3.05. The van der Waals surface area contributed by atoms with Crippen molar-refractivity contribution in [3.63, 3.8) is 0 Å². The maximum Gasteiger partial charge on any atom is 0.291 e. The van der Waals surface area contributed by atoms with Gasteiger partial charge in [0, 0.05) is 6.07 Å². The average molecular weight is 323 g/mol. The van der Waals surface area contributed by atoms with Crippen molar-refractivity contribution in [2.24, 2.45) is 0 Å². The summed E-state index contributed by atoms with van der Waals surface area (Å²) in [7, 11) is 0. The lowest BCUT2D eigenvalue weighted by Crippen LogP contribution is -2.15. The Kier molecular flexibility index (Phi) is 3.13. The molecule has 0 aliphatic rings. The fraction of sp³-hybridized carbons (Fsp3) is 0. The van der Waals surface area contributed by atoms with Crippen molar-refractivity contribution in [2.45, 2.75) is 0 Å². The molecule has 6 nitrogen and oxygen atoms in total. The molecule has 23 heavy (non-hydrogen) atoms. The SMILES string of the molecule is O=C(Nc1cccc2nsnc12)c1cc(=O)c2ccccc2o1. The number of amides is 1. The number of carbonyl (C=O) groups is 1. The number of para-hydroxylation sites is 1. The second-order valence-corrected chi connectivity index (χ2v) is 5.39. The van der Waals surface area contributed by atoms with Crippen LogP contribution in [0.5, 0.6) is 0 Å². The number of benzene rings is 2. The smallest absolute Gasteiger partial charge is 0.291 e. The van der Waals surface area contributed by atoms with Gasteiger partial charge >= 0.3 is 0 Å². The molecule has 0 aliphatic carbocycles. The van der Waals surface area contributed by atoms with Gasteiger partial charge in [-0.3, -0.25) is 9.59 Å². The molecule has 0 unspecified atom stereocenters. The molecule has 0 atom stereocenters. The number of aromatic nitrogens is 2. The Labute approximate surface area is 133 Å². The van der Waals surface area contributed by atoms with Crippen molar-refractivity contribution >= 4 is 45.3 Å². The predicted molar refractivity (Wildman–Crippen MR) is 87.9 cm³/mol. The van der Waals surface area contributed by atoms with Gasteiger partial charge in [0.15, 0.2) is 11.2 Å². The number of rotatable bonds is 2. The Morgan fingerprint density at radius 2 is 1.96 bits per heavy atom. The van der Waals surface area contributed by atoms with Crippen molar-refractivity contribution in [3.8, 4) is 0 Å². The first-order valence-electron chi connectivity index (χ1n) is 6.78. The van der Waals surface area contributed by atoms with Crippen molar-refractivity contribution in [3.05, 3.63) is 64.5 Å². The van der Waals surface area contributed by atoms with Gasteiger partial charge in [-0.15, -0.1) is 0 Å². The summed E-state index contributed by atoms with van der Waals surface area (Å²) in [6.07, 6.45) is 0. The fourth-order valence-electron chi connectivity index (χ4n) is 2.31. The molecule has 1 amide bonds. The first kappa shape index (κ1) is 13.6. The number of anilines is 1. The summed E-state index contributed by atoms with van der Waals surface area (Å²) in [6, 6.07) is 13.3. The number of nitrogens with one attached hydrogen (secondary N) is 1. The lowest BCUT2D eigenvalue weighted by atomic mass is 10.2. The highest BCUT2D eigenvalue weighted by Crippen LogP contribution is 2.22. The van der Waals surface area contributed by atoms with Crippen LogP contribution in [-0.4, -0.2) is 14.7 Å². The summed E-state index contributed by atoms with van der Waals surface area (Å²) in [5, 5.41) is 3.15. The van der Waals surface area contributed by atoms with Gasteiger partial charge in [-0.05, 0) is 24.3 Å². The zero-order valence-corrected chi connectivity index (χ0v) is 12.5. The molecule has 4 rings (SSSR count). The molecule has 112 valence electrons. The Hall–Kier alpha value is -3.06. The standard InChI is InChI=1S/C16H9N3O3S/c20-12-8-14(22-13-7-2-1-4-9(12)13)16(21)17-10-5-3-6-11-15(10)19-23-18-11/h1-8H,(H,17,21). The number of carbonyl (C=O) groups excluding carboxylic acids is 1. The van der Waals surface area contributed by atoms with E-state index in [-0.39, 0.29) is 11.2 Å². The number of hydrogen-bond acceptors (Lipinski definition) is 6. The van der Waals surface area contributed by atoms with Gasteiger partial charge in [0.05, 0.1) is 22.8 Å². The third-order valence-electron chi connectivity index (χ3n) is 3.39. The lowest BCUT2D eigenvalue weighted by Gasteiger charge is -2.05. The van der Waals surface area contributed by atoms with Gasteiger partial charge in [0.1, 0.15) is 16.6 Å². The van der Waals surface area contributed by atoms with Crippen LogP contribution in [0.15, 0.2) is 57.7 Å². The van der Waals surface area contributed by atoms with Gasteiger partial charge in [-0.25, -0.2) is 0 Å². The molecule has 0 saturated heterocycles. The van der Waals surface area contributed by atoms with Crippen LogP contribution in [0.3, 0.4) is 0 Å². The van der Waals surface area contributed by atoms with Gasteiger partial charge < -0.3 is 9.73 Å². The molecule has 4 aromatic rings. The highest BCUT2D eigenvalue weighted by molar-refractivity contribution is 7.00. The van der Waals surface area contributed by atoms with Crippen LogP contribution in [0.25, 0.3) is 22.0 Å².